The standard InChI is InChI=1S/C11H16ClN3/c1-7(2)5-10-9(6-13)11(12)15(14-10)8(3)4/h7-8H,5H2,1-4H3. The van der Waals surface area contributed by atoms with Crippen molar-refractivity contribution in [2.45, 2.75) is 40.2 Å². The molecular formula is C11H16ClN3. The number of rotatable bonds is 3. The summed E-state index contributed by atoms with van der Waals surface area (Å²) in [5.74, 6) is 0.476. The maximum Gasteiger partial charge on any atom is 0.145 e. The molecule has 15 heavy (non-hydrogen) atoms. The van der Waals surface area contributed by atoms with E-state index in [1.807, 2.05) is 13.8 Å². The van der Waals surface area contributed by atoms with E-state index < -0.39 is 0 Å². The van der Waals surface area contributed by atoms with Crippen molar-refractivity contribution >= 4 is 11.6 Å². The molecule has 0 spiro atoms. The van der Waals surface area contributed by atoms with Gasteiger partial charge in [-0.05, 0) is 26.2 Å². The van der Waals surface area contributed by atoms with Crippen molar-refractivity contribution < 1.29 is 0 Å². The Hall–Kier alpha value is -1.01. The lowest BCUT2D eigenvalue weighted by molar-refractivity contribution is 0.519. The zero-order valence-corrected chi connectivity index (χ0v) is 10.3. The Morgan fingerprint density at radius 3 is 2.40 bits per heavy atom. The van der Waals surface area contributed by atoms with Gasteiger partial charge in [0.2, 0.25) is 0 Å². The third kappa shape index (κ3) is 2.51. The average Bonchev–Trinajstić information content (AvgIpc) is 2.41. The fourth-order valence-corrected chi connectivity index (χ4v) is 1.82. The lowest BCUT2D eigenvalue weighted by Crippen LogP contribution is -2.04. The van der Waals surface area contributed by atoms with Crippen LogP contribution in [0.3, 0.4) is 0 Å². The molecule has 1 aromatic rings. The van der Waals surface area contributed by atoms with Gasteiger partial charge in [-0.1, -0.05) is 25.4 Å². The van der Waals surface area contributed by atoms with Gasteiger partial charge >= 0.3 is 0 Å². The molecule has 1 rings (SSSR count). The van der Waals surface area contributed by atoms with Crippen molar-refractivity contribution in [1.82, 2.24) is 9.78 Å². The van der Waals surface area contributed by atoms with E-state index in [2.05, 4.69) is 25.0 Å². The van der Waals surface area contributed by atoms with Crippen LogP contribution in [0.4, 0.5) is 0 Å². The van der Waals surface area contributed by atoms with E-state index in [9.17, 15) is 0 Å². The van der Waals surface area contributed by atoms with Crippen molar-refractivity contribution in [1.29, 1.82) is 5.26 Å². The molecule has 0 amide bonds. The van der Waals surface area contributed by atoms with Crippen LogP contribution in [0.2, 0.25) is 5.15 Å². The lowest BCUT2D eigenvalue weighted by Gasteiger charge is -2.05. The Morgan fingerprint density at radius 2 is 2.00 bits per heavy atom. The molecular weight excluding hydrogens is 210 g/mol. The molecule has 0 saturated carbocycles. The van der Waals surface area contributed by atoms with Gasteiger partial charge in [0.1, 0.15) is 16.8 Å². The number of aromatic nitrogens is 2. The molecule has 0 aromatic carbocycles. The Kier molecular flexibility index (Phi) is 3.76. The summed E-state index contributed by atoms with van der Waals surface area (Å²) in [5, 5.41) is 13.9. The van der Waals surface area contributed by atoms with Gasteiger partial charge in [0.25, 0.3) is 0 Å². The van der Waals surface area contributed by atoms with Crippen LogP contribution < -0.4 is 0 Å². The molecule has 0 aliphatic heterocycles. The number of nitriles is 1. The summed E-state index contributed by atoms with van der Waals surface area (Å²) in [4.78, 5) is 0. The number of halogens is 1. The summed E-state index contributed by atoms with van der Waals surface area (Å²) in [6.45, 7) is 8.20. The summed E-state index contributed by atoms with van der Waals surface area (Å²) in [6, 6.07) is 2.31. The Morgan fingerprint density at radius 1 is 1.40 bits per heavy atom. The largest absolute Gasteiger partial charge is 0.250 e. The quantitative estimate of drug-likeness (QED) is 0.793. The van der Waals surface area contributed by atoms with Crippen LogP contribution in [0.1, 0.15) is 45.0 Å². The first kappa shape index (κ1) is 12.1. The van der Waals surface area contributed by atoms with Gasteiger partial charge in [0.05, 0.1) is 5.69 Å². The molecule has 0 aliphatic rings. The summed E-state index contributed by atoms with van der Waals surface area (Å²) >= 11 is 6.09. The second kappa shape index (κ2) is 4.67. The fourth-order valence-electron chi connectivity index (χ4n) is 1.44. The van der Waals surface area contributed by atoms with Crippen LogP contribution in [0.25, 0.3) is 0 Å². The van der Waals surface area contributed by atoms with E-state index in [0.29, 0.717) is 16.6 Å². The zero-order valence-electron chi connectivity index (χ0n) is 9.58. The third-order valence-corrected chi connectivity index (χ3v) is 2.49. The number of hydrogen-bond acceptors (Lipinski definition) is 2. The molecule has 82 valence electrons. The van der Waals surface area contributed by atoms with Crippen molar-refractivity contribution in [3.8, 4) is 6.07 Å². The maximum absolute atomic E-state index is 9.02. The van der Waals surface area contributed by atoms with Crippen LogP contribution in [-0.4, -0.2) is 9.78 Å². The highest BCUT2D eigenvalue weighted by Crippen LogP contribution is 2.24. The second-order valence-corrected chi connectivity index (χ2v) is 4.72. The van der Waals surface area contributed by atoms with E-state index in [0.717, 1.165) is 12.1 Å². The van der Waals surface area contributed by atoms with Gasteiger partial charge in [-0.25, -0.2) is 4.68 Å². The molecule has 3 nitrogen and oxygen atoms in total. The van der Waals surface area contributed by atoms with Crippen molar-refractivity contribution in [3.63, 3.8) is 0 Å². The first-order valence-electron chi connectivity index (χ1n) is 5.14. The van der Waals surface area contributed by atoms with Crippen molar-refractivity contribution in [2.24, 2.45) is 5.92 Å². The van der Waals surface area contributed by atoms with Crippen LogP contribution in [0, 0.1) is 17.2 Å². The van der Waals surface area contributed by atoms with Crippen molar-refractivity contribution in [3.05, 3.63) is 16.4 Å². The molecule has 1 aromatic heterocycles. The highest BCUT2D eigenvalue weighted by molar-refractivity contribution is 6.30. The highest BCUT2D eigenvalue weighted by Gasteiger charge is 2.18. The van der Waals surface area contributed by atoms with E-state index in [1.165, 1.54) is 0 Å². The first-order valence-corrected chi connectivity index (χ1v) is 5.52. The van der Waals surface area contributed by atoms with Crippen LogP contribution in [0.15, 0.2) is 0 Å². The van der Waals surface area contributed by atoms with Gasteiger partial charge in [-0.2, -0.15) is 10.4 Å². The fraction of sp³-hybridized carbons (Fsp3) is 0.636. The summed E-state index contributed by atoms with van der Waals surface area (Å²) in [6.07, 6.45) is 0.794. The van der Waals surface area contributed by atoms with E-state index in [1.54, 1.807) is 4.68 Å². The van der Waals surface area contributed by atoms with Gasteiger partial charge in [0, 0.05) is 6.04 Å². The Balaban J connectivity index is 3.17. The van der Waals surface area contributed by atoms with E-state index in [4.69, 9.17) is 16.9 Å². The molecule has 0 radical (unpaired) electrons. The minimum atomic E-state index is 0.186. The summed E-state index contributed by atoms with van der Waals surface area (Å²) in [7, 11) is 0. The molecule has 0 fully saturated rings. The maximum atomic E-state index is 9.02. The normalized spacial score (nSPS) is 11.1. The van der Waals surface area contributed by atoms with Crippen LogP contribution in [0.5, 0.6) is 0 Å². The molecule has 0 unspecified atom stereocenters. The van der Waals surface area contributed by atoms with Gasteiger partial charge in [0.15, 0.2) is 0 Å². The lowest BCUT2D eigenvalue weighted by atomic mass is 10.1. The minimum Gasteiger partial charge on any atom is -0.250 e. The van der Waals surface area contributed by atoms with E-state index >= 15 is 0 Å². The molecule has 0 bridgehead atoms. The Bertz CT molecular complexity index is 385. The predicted molar refractivity (Wildman–Crippen MR) is 60.9 cm³/mol. The Labute approximate surface area is 95.7 Å². The van der Waals surface area contributed by atoms with Gasteiger partial charge in [-0.3, -0.25) is 0 Å². The summed E-state index contributed by atoms with van der Waals surface area (Å²) in [5.41, 5.74) is 1.34. The molecule has 0 aliphatic carbocycles. The summed E-state index contributed by atoms with van der Waals surface area (Å²) < 4.78 is 1.71. The van der Waals surface area contributed by atoms with Crippen LogP contribution in [-0.2, 0) is 6.42 Å². The third-order valence-electron chi connectivity index (χ3n) is 2.13. The SMILES string of the molecule is CC(C)Cc1nn(C(C)C)c(Cl)c1C#N. The van der Waals surface area contributed by atoms with Gasteiger partial charge < -0.3 is 0 Å². The second-order valence-electron chi connectivity index (χ2n) is 4.36. The minimum absolute atomic E-state index is 0.186. The number of hydrogen-bond donors (Lipinski definition) is 0. The topological polar surface area (TPSA) is 41.6 Å². The molecule has 0 saturated heterocycles. The molecule has 0 N–H and O–H groups in total. The van der Waals surface area contributed by atoms with E-state index in [-0.39, 0.29) is 6.04 Å². The highest BCUT2D eigenvalue weighted by atomic mass is 35.5. The molecule has 0 atom stereocenters. The first-order chi connectivity index (χ1) is 6.97. The smallest absolute Gasteiger partial charge is 0.145 e. The molecule has 4 heteroatoms. The number of nitrogens with zero attached hydrogens (tertiary/aromatic N) is 3. The van der Waals surface area contributed by atoms with Crippen molar-refractivity contribution in [2.75, 3.05) is 0 Å². The predicted octanol–water partition coefficient (Wildman–Crippen LogP) is 3.19. The van der Waals surface area contributed by atoms with Crippen LogP contribution >= 0.6 is 11.6 Å². The van der Waals surface area contributed by atoms with Gasteiger partial charge in [-0.15, -0.1) is 0 Å². The monoisotopic (exact) mass is 225 g/mol. The molecule has 1 heterocycles. The zero-order chi connectivity index (χ0) is 11.6. The average molecular weight is 226 g/mol.